The number of carboxylic acid groups (broad SMARTS) is 1. The maximum Gasteiger partial charge on any atom is 0.335 e. The van der Waals surface area contributed by atoms with E-state index in [1.807, 2.05) is 6.92 Å². The minimum absolute atomic E-state index is 0.101. The Balaban J connectivity index is 2.53. The van der Waals surface area contributed by atoms with Gasteiger partial charge >= 0.3 is 5.97 Å². The van der Waals surface area contributed by atoms with Gasteiger partial charge < -0.3 is 10.4 Å². The van der Waals surface area contributed by atoms with E-state index in [4.69, 9.17) is 5.11 Å². The summed E-state index contributed by atoms with van der Waals surface area (Å²) in [6.45, 7) is 2.61. The molecule has 0 aromatic heterocycles. The minimum Gasteiger partial charge on any atom is -0.478 e. The molecule has 5 nitrogen and oxygen atoms in total. The van der Waals surface area contributed by atoms with Crippen LogP contribution in [0.15, 0.2) is 29.2 Å². The van der Waals surface area contributed by atoms with Gasteiger partial charge in [0, 0.05) is 11.4 Å². The summed E-state index contributed by atoms with van der Waals surface area (Å²) < 4.78 is 11.9. The largest absolute Gasteiger partial charge is 0.478 e. The van der Waals surface area contributed by atoms with Crippen molar-refractivity contribution >= 4 is 22.7 Å². The molecule has 0 saturated carbocycles. The molecule has 2 N–H and O–H groups in total. The highest BCUT2D eigenvalue weighted by Crippen LogP contribution is 2.09. The van der Waals surface area contributed by atoms with Gasteiger partial charge in [-0.2, -0.15) is 0 Å². The Morgan fingerprint density at radius 1 is 1.26 bits per heavy atom. The lowest BCUT2D eigenvalue weighted by Crippen LogP contribution is -2.29. The molecule has 19 heavy (non-hydrogen) atoms. The van der Waals surface area contributed by atoms with Crippen LogP contribution in [0.1, 0.15) is 30.1 Å². The third-order valence-corrected chi connectivity index (χ3v) is 3.80. The van der Waals surface area contributed by atoms with E-state index in [1.165, 1.54) is 24.3 Å². The number of hydrogen-bond acceptors (Lipinski definition) is 3. The van der Waals surface area contributed by atoms with Gasteiger partial charge in [-0.15, -0.1) is 0 Å². The molecule has 0 fully saturated rings. The zero-order chi connectivity index (χ0) is 14.3. The number of carbonyl (C=O) groups excluding carboxylic acids is 1. The molecular weight excluding hydrogens is 266 g/mol. The van der Waals surface area contributed by atoms with Crippen LogP contribution in [0, 0.1) is 0 Å². The van der Waals surface area contributed by atoms with E-state index in [1.54, 1.807) is 0 Å². The highest BCUT2D eigenvalue weighted by Gasteiger charge is 2.10. The van der Waals surface area contributed by atoms with Crippen LogP contribution in [0.4, 0.5) is 0 Å². The molecule has 1 amide bonds. The second-order valence-corrected chi connectivity index (χ2v) is 5.47. The zero-order valence-electron chi connectivity index (χ0n) is 10.7. The number of carboxylic acids is 1. The Labute approximate surface area is 114 Å². The quantitative estimate of drug-likeness (QED) is 0.741. The van der Waals surface area contributed by atoms with E-state index in [-0.39, 0.29) is 17.2 Å². The minimum atomic E-state index is -1.45. The molecule has 1 aromatic rings. The van der Waals surface area contributed by atoms with Gasteiger partial charge in [-0.25, -0.2) is 4.79 Å². The van der Waals surface area contributed by atoms with Crippen molar-refractivity contribution < 1.29 is 18.9 Å². The van der Waals surface area contributed by atoms with Crippen molar-refractivity contribution in [2.45, 2.75) is 24.7 Å². The molecule has 1 atom stereocenters. The topological polar surface area (TPSA) is 83.5 Å². The van der Waals surface area contributed by atoms with Crippen LogP contribution in [0.3, 0.4) is 0 Å². The smallest absolute Gasteiger partial charge is 0.335 e. The Kier molecular flexibility index (Phi) is 6.21. The summed E-state index contributed by atoms with van der Waals surface area (Å²) in [5, 5.41) is 11.4. The summed E-state index contributed by atoms with van der Waals surface area (Å²) in [5.74, 6) is -1.39. The lowest BCUT2D eigenvalue weighted by Gasteiger charge is -2.05. The van der Waals surface area contributed by atoms with Crippen molar-refractivity contribution in [1.82, 2.24) is 5.32 Å². The Morgan fingerprint density at radius 2 is 1.89 bits per heavy atom. The predicted octanol–water partition coefficient (Wildman–Crippen LogP) is 1.41. The second-order valence-electron chi connectivity index (χ2n) is 4.02. The van der Waals surface area contributed by atoms with Crippen LogP contribution in [0.2, 0.25) is 0 Å². The van der Waals surface area contributed by atoms with Gasteiger partial charge in [-0.3, -0.25) is 9.00 Å². The zero-order valence-corrected chi connectivity index (χ0v) is 11.5. The average molecular weight is 283 g/mol. The van der Waals surface area contributed by atoms with Crippen LogP contribution in [-0.4, -0.2) is 33.5 Å². The maximum absolute atomic E-state index is 11.9. The molecule has 0 aliphatic heterocycles. The SMILES string of the molecule is CCCCNC(=O)CS(=O)c1ccc(C(=O)O)cc1. The molecule has 1 rings (SSSR count). The van der Waals surface area contributed by atoms with Gasteiger partial charge in [0.25, 0.3) is 0 Å². The van der Waals surface area contributed by atoms with E-state index >= 15 is 0 Å². The molecule has 0 heterocycles. The van der Waals surface area contributed by atoms with E-state index in [0.717, 1.165) is 12.8 Å². The van der Waals surface area contributed by atoms with Gasteiger partial charge in [0.2, 0.25) is 5.91 Å². The molecule has 0 aliphatic rings. The van der Waals surface area contributed by atoms with E-state index in [9.17, 15) is 13.8 Å². The fraction of sp³-hybridized carbons (Fsp3) is 0.385. The van der Waals surface area contributed by atoms with Crippen molar-refractivity contribution in [2.75, 3.05) is 12.3 Å². The third kappa shape index (κ3) is 5.21. The van der Waals surface area contributed by atoms with Gasteiger partial charge in [0.15, 0.2) is 0 Å². The van der Waals surface area contributed by atoms with Crippen molar-refractivity contribution in [1.29, 1.82) is 0 Å². The van der Waals surface area contributed by atoms with Crippen LogP contribution < -0.4 is 5.32 Å². The first-order chi connectivity index (χ1) is 9.04. The van der Waals surface area contributed by atoms with Crippen LogP contribution in [0.25, 0.3) is 0 Å². The lowest BCUT2D eigenvalue weighted by atomic mass is 10.2. The van der Waals surface area contributed by atoms with Crippen molar-refractivity contribution in [3.05, 3.63) is 29.8 Å². The molecule has 0 aliphatic carbocycles. The van der Waals surface area contributed by atoms with Crippen LogP contribution >= 0.6 is 0 Å². The van der Waals surface area contributed by atoms with Gasteiger partial charge in [-0.1, -0.05) is 13.3 Å². The van der Waals surface area contributed by atoms with Crippen molar-refractivity contribution in [3.63, 3.8) is 0 Å². The first-order valence-electron chi connectivity index (χ1n) is 6.03. The second kappa shape index (κ2) is 7.68. The summed E-state index contributed by atoms with van der Waals surface area (Å²) in [6.07, 6.45) is 1.88. The fourth-order valence-corrected chi connectivity index (χ4v) is 2.35. The van der Waals surface area contributed by atoms with E-state index in [0.29, 0.717) is 11.4 Å². The standard InChI is InChI=1S/C13H17NO4S/c1-2-3-8-14-12(15)9-19(18)11-6-4-10(5-7-11)13(16)17/h4-7H,2-3,8-9H2,1H3,(H,14,15)(H,16,17). The molecule has 0 radical (unpaired) electrons. The number of nitrogens with one attached hydrogen (secondary N) is 1. The fourth-order valence-electron chi connectivity index (χ4n) is 1.41. The number of amides is 1. The number of carbonyl (C=O) groups is 2. The highest BCUT2D eigenvalue weighted by atomic mass is 32.2. The molecule has 1 unspecified atom stereocenters. The molecule has 1 aromatic carbocycles. The molecular formula is C13H17NO4S. The highest BCUT2D eigenvalue weighted by molar-refractivity contribution is 7.85. The molecule has 0 spiro atoms. The lowest BCUT2D eigenvalue weighted by molar-refractivity contribution is -0.118. The first-order valence-corrected chi connectivity index (χ1v) is 7.35. The van der Waals surface area contributed by atoms with E-state index < -0.39 is 16.8 Å². The van der Waals surface area contributed by atoms with Crippen molar-refractivity contribution in [3.8, 4) is 0 Å². The summed E-state index contributed by atoms with van der Waals surface area (Å²) in [6, 6.07) is 5.70. The maximum atomic E-state index is 11.9. The predicted molar refractivity (Wildman–Crippen MR) is 72.6 cm³/mol. The number of unbranched alkanes of at least 4 members (excludes halogenated alkanes) is 1. The summed E-state index contributed by atoms with van der Waals surface area (Å²) in [5.41, 5.74) is 0.133. The monoisotopic (exact) mass is 283 g/mol. The molecule has 0 bridgehead atoms. The normalized spacial score (nSPS) is 11.8. The van der Waals surface area contributed by atoms with Gasteiger partial charge in [0.1, 0.15) is 5.75 Å². The molecule has 6 heteroatoms. The number of aromatic carboxylic acids is 1. The Hall–Kier alpha value is -1.69. The molecule has 104 valence electrons. The number of benzene rings is 1. The summed E-state index contributed by atoms with van der Waals surface area (Å²) >= 11 is 0. The summed E-state index contributed by atoms with van der Waals surface area (Å²) in [4.78, 5) is 22.6. The van der Waals surface area contributed by atoms with Gasteiger partial charge in [-0.05, 0) is 30.7 Å². The van der Waals surface area contributed by atoms with E-state index in [2.05, 4.69) is 5.32 Å². The summed E-state index contributed by atoms with van der Waals surface area (Å²) in [7, 11) is -1.45. The Bertz CT molecular complexity index is 470. The van der Waals surface area contributed by atoms with Crippen molar-refractivity contribution in [2.24, 2.45) is 0 Å². The van der Waals surface area contributed by atoms with Crippen LogP contribution in [-0.2, 0) is 15.6 Å². The van der Waals surface area contributed by atoms with Crippen LogP contribution in [0.5, 0.6) is 0 Å². The average Bonchev–Trinajstić information content (AvgIpc) is 2.39. The number of rotatable bonds is 7. The first kappa shape index (κ1) is 15.4. The number of hydrogen-bond donors (Lipinski definition) is 2. The molecule has 0 saturated heterocycles. The third-order valence-electron chi connectivity index (χ3n) is 2.48. The Morgan fingerprint density at radius 3 is 2.42 bits per heavy atom. The van der Waals surface area contributed by atoms with Gasteiger partial charge in [0.05, 0.1) is 16.4 Å².